The van der Waals surface area contributed by atoms with Crippen molar-refractivity contribution < 1.29 is 9.90 Å². The van der Waals surface area contributed by atoms with E-state index in [9.17, 15) is 9.90 Å². The van der Waals surface area contributed by atoms with Gasteiger partial charge in [0.15, 0.2) is 0 Å². The van der Waals surface area contributed by atoms with Crippen LogP contribution < -0.4 is 5.32 Å². The van der Waals surface area contributed by atoms with E-state index in [2.05, 4.69) is 15.4 Å². The summed E-state index contributed by atoms with van der Waals surface area (Å²) in [5, 5.41) is 19.4. The quantitative estimate of drug-likeness (QED) is 0.746. The minimum absolute atomic E-state index is 0.141. The highest BCUT2D eigenvalue weighted by Crippen LogP contribution is 2.23. The molecule has 1 aromatic carbocycles. The Bertz CT molecular complexity index is 838. The number of aryl methyl sites for hydroxylation is 2. The maximum absolute atomic E-state index is 12.2. The summed E-state index contributed by atoms with van der Waals surface area (Å²) in [4.78, 5) is 16.5. The lowest BCUT2D eigenvalue weighted by atomic mass is 10.1. The Labute approximate surface area is 143 Å². The summed E-state index contributed by atoms with van der Waals surface area (Å²) >= 11 is 1.39. The molecule has 3 rings (SSSR count). The van der Waals surface area contributed by atoms with E-state index in [0.717, 1.165) is 21.7 Å². The first-order valence-electron chi connectivity index (χ1n) is 7.50. The number of aliphatic hydroxyl groups is 1. The van der Waals surface area contributed by atoms with Gasteiger partial charge in [0.25, 0.3) is 5.91 Å². The highest BCUT2D eigenvalue weighted by Gasteiger charge is 2.14. The molecule has 0 spiro atoms. The monoisotopic (exact) mass is 342 g/mol. The second-order valence-corrected chi connectivity index (χ2v) is 6.44. The Morgan fingerprint density at radius 2 is 2.12 bits per heavy atom. The first-order chi connectivity index (χ1) is 11.5. The van der Waals surface area contributed by atoms with E-state index in [-0.39, 0.29) is 12.5 Å². The molecule has 2 aromatic heterocycles. The fourth-order valence-electron chi connectivity index (χ4n) is 2.23. The Balaban J connectivity index is 1.61. The van der Waals surface area contributed by atoms with Crippen molar-refractivity contribution >= 4 is 17.2 Å². The minimum atomic E-state index is -0.744. The molecule has 0 unspecified atom stereocenters. The summed E-state index contributed by atoms with van der Waals surface area (Å²) in [5.74, 6) is -0.299. The van der Waals surface area contributed by atoms with Gasteiger partial charge in [0.05, 0.1) is 12.3 Å². The molecule has 124 valence electrons. The third-order valence-electron chi connectivity index (χ3n) is 3.61. The van der Waals surface area contributed by atoms with Gasteiger partial charge in [-0.25, -0.2) is 4.98 Å². The van der Waals surface area contributed by atoms with Gasteiger partial charge in [-0.2, -0.15) is 5.10 Å². The van der Waals surface area contributed by atoms with E-state index in [1.165, 1.54) is 11.3 Å². The third kappa shape index (κ3) is 3.69. The molecule has 3 aromatic rings. The van der Waals surface area contributed by atoms with Crippen molar-refractivity contribution in [1.82, 2.24) is 20.1 Å². The first-order valence-corrected chi connectivity index (χ1v) is 8.38. The molecule has 0 bridgehead atoms. The minimum Gasteiger partial charge on any atom is -0.387 e. The van der Waals surface area contributed by atoms with Crippen LogP contribution in [-0.4, -0.2) is 32.3 Å². The summed E-state index contributed by atoms with van der Waals surface area (Å²) in [6, 6.07) is 7.58. The maximum atomic E-state index is 12.2. The number of thiazole rings is 1. The van der Waals surface area contributed by atoms with Crippen molar-refractivity contribution in [3.05, 3.63) is 58.9 Å². The lowest BCUT2D eigenvalue weighted by Crippen LogP contribution is -2.28. The molecule has 2 N–H and O–H groups in total. The zero-order chi connectivity index (χ0) is 17.1. The van der Waals surface area contributed by atoms with Gasteiger partial charge in [-0.3, -0.25) is 9.48 Å². The van der Waals surface area contributed by atoms with Crippen LogP contribution in [0.1, 0.15) is 27.7 Å². The smallest absolute Gasteiger partial charge is 0.270 e. The molecule has 0 saturated heterocycles. The number of nitrogens with one attached hydrogen (secondary N) is 1. The maximum Gasteiger partial charge on any atom is 0.270 e. The average molecular weight is 342 g/mol. The van der Waals surface area contributed by atoms with Gasteiger partial charge < -0.3 is 10.4 Å². The Morgan fingerprint density at radius 3 is 2.79 bits per heavy atom. The zero-order valence-corrected chi connectivity index (χ0v) is 14.2. The van der Waals surface area contributed by atoms with Crippen LogP contribution in [0.25, 0.3) is 10.6 Å². The number of carbonyl (C=O) groups is 1. The van der Waals surface area contributed by atoms with Crippen molar-refractivity contribution in [3.63, 3.8) is 0 Å². The summed E-state index contributed by atoms with van der Waals surface area (Å²) < 4.78 is 1.69. The van der Waals surface area contributed by atoms with Gasteiger partial charge in [-0.05, 0) is 12.5 Å². The number of aliphatic hydroxyl groups excluding tert-OH is 1. The van der Waals surface area contributed by atoms with Gasteiger partial charge in [0.1, 0.15) is 10.7 Å². The van der Waals surface area contributed by atoms with Gasteiger partial charge >= 0.3 is 0 Å². The molecule has 0 fully saturated rings. The lowest BCUT2D eigenvalue weighted by molar-refractivity contribution is 0.0912. The van der Waals surface area contributed by atoms with Gasteiger partial charge in [0.2, 0.25) is 0 Å². The number of carbonyl (C=O) groups excluding carboxylic acids is 1. The topological polar surface area (TPSA) is 80.0 Å². The fourth-order valence-corrected chi connectivity index (χ4v) is 3.00. The second kappa shape index (κ2) is 6.94. The SMILES string of the molecule is Cc1ccc([C@H](O)CNC(=O)c2csc(-c3cnn(C)c3)n2)cc1. The largest absolute Gasteiger partial charge is 0.387 e. The van der Waals surface area contributed by atoms with E-state index in [0.29, 0.717) is 5.69 Å². The van der Waals surface area contributed by atoms with Crippen molar-refractivity contribution in [3.8, 4) is 10.6 Å². The van der Waals surface area contributed by atoms with E-state index in [4.69, 9.17) is 0 Å². The van der Waals surface area contributed by atoms with Gasteiger partial charge in [0, 0.05) is 30.7 Å². The van der Waals surface area contributed by atoms with Crippen molar-refractivity contribution in [2.24, 2.45) is 7.05 Å². The predicted octanol–water partition coefficient (Wildman–Crippen LogP) is 2.32. The first kappa shape index (κ1) is 16.4. The van der Waals surface area contributed by atoms with Crippen molar-refractivity contribution in [2.45, 2.75) is 13.0 Å². The van der Waals surface area contributed by atoms with E-state index < -0.39 is 6.10 Å². The van der Waals surface area contributed by atoms with E-state index in [1.54, 1.807) is 16.3 Å². The number of amides is 1. The molecule has 0 radical (unpaired) electrons. The standard InChI is InChI=1S/C17H18N4O2S/c1-11-3-5-12(6-4-11)15(22)8-18-16(23)14-10-24-17(20-14)13-7-19-21(2)9-13/h3-7,9-10,15,22H,8H2,1-2H3,(H,18,23)/t15-/m1/s1. The molecular weight excluding hydrogens is 324 g/mol. The van der Waals surface area contributed by atoms with E-state index in [1.807, 2.05) is 44.4 Å². The highest BCUT2D eigenvalue weighted by atomic mass is 32.1. The van der Waals surface area contributed by atoms with Crippen molar-refractivity contribution in [2.75, 3.05) is 6.54 Å². The molecule has 0 aliphatic heterocycles. The lowest BCUT2D eigenvalue weighted by Gasteiger charge is -2.11. The normalized spacial score (nSPS) is 12.1. The number of rotatable bonds is 5. The number of benzene rings is 1. The summed E-state index contributed by atoms with van der Waals surface area (Å²) in [6.45, 7) is 2.13. The number of aromatic nitrogens is 3. The van der Waals surface area contributed by atoms with Crippen LogP contribution in [0.3, 0.4) is 0 Å². The molecule has 6 nitrogen and oxygen atoms in total. The summed E-state index contributed by atoms with van der Waals surface area (Å²) in [5.41, 5.74) is 3.12. The van der Waals surface area contributed by atoms with Crippen LogP contribution in [0.5, 0.6) is 0 Å². The van der Waals surface area contributed by atoms with Crippen LogP contribution in [0.2, 0.25) is 0 Å². The van der Waals surface area contributed by atoms with Crippen LogP contribution in [0, 0.1) is 6.92 Å². The van der Waals surface area contributed by atoms with E-state index >= 15 is 0 Å². The number of hydrogen-bond acceptors (Lipinski definition) is 5. The Kier molecular flexibility index (Phi) is 4.73. The number of nitrogens with zero attached hydrogens (tertiary/aromatic N) is 3. The van der Waals surface area contributed by atoms with Crippen molar-refractivity contribution in [1.29, 1.82) is 0 Å². The molecule has 0 saturated carbocycles. The summed E-state index contributed by atoms with van der Waals surface area (Å²) in [6.07, 6.45) is 2.81. The van der Waals surface area contributed by atoms with Crippen LogP contribution in [0.15, 0.2) is 42.0 Å². The second-order valence-electron chi connectivity index (χ2n) is 5.58. The summed E-state index contributed by atoms with van der Waals surface area (Å²) in [7, 11) is 1.83. The van der Waals surface area contributed by atoms with Crippen LogP contribution >= 0.6 is 11.3 Å². The highest BCUT2D eigenvalue weighted by molar-refractivity contribution is 7.13. The molecule has 24 heavy (non-hydrogen) atoms. The molecule has 1 amide bonds. The van der Waals surface area contributed by atoms with Gasteiger partial charge in [-0.1, -0.05) is 29.8 Å². The van der Waals surface area contributed by atoms with Crippen LogP contribution in [-0.2, 0) is 7.05 Å². The Hall–Kier alpha value is -2.51. The average Bonchev–Trinajstić information content (AvgIpc) is 3.22. The fraction of sp³-hybridized carbons (Fsp3) is 0.235. The molecule has 0 aliphatic rings. The van der Waals surface area contributed by atoms with Gasteiger partial charge in [-0.15, -0.1) is 11.3 Å². The Morgan fingerprint density at radius 1 is 1.38 bits per heavy atom. The van der Waals surface area contributed by atoms with Crippen LogP contribution in [0.4, 0.5) is 0 Å². The number of hydrogen-bond donors (Lipinski definition) is 2. The third-order valence-corrected chi connectivity index (χ3v) is 4.50. The predicted molar refractivity (Wildman–Crippen MR) is 92.8 cm³/mol. The molecule has 0 aliphatic carbocycles. The molecule has 1 atom stereocenters. The molecular formula is C17H18N4O2S. The zero-order valence-electron chi connectivity index (χ0n) is 13.4. The molecule has 2 heterocycles. The molecule has 7 heteroatoms.